The van der Waals surface area contributed by atoms with Crippen LogP contribution in [0.5, 0.6) is 0 Å². The topological polar surface area (TPSA) is 73.9 Å². The predicted molar refractivity (Wildman–Crippen MR) is 96.1 cm³/mol. The van der Waals surface area contributed by atoms with Gasteiger partial charge in [-0.05, 0) is 58.5 Å². The Labute approximate surface area is 176 Å². The van der Waals surface area contributed by atoms with Gasteiger partial charge in [-0.3, -0.25) is 9.59 Å². The summed E-state index contributed by atoms with van der Waals surface area (Å²) in [5.74, 6) is 2.90. The van der Waals surface area contributed by atoms with Crippen molar-refractivity contribution in [2.24, 2.45) is 34.5 Å². The van der Waals surface area contributed by atoms with Gasteiger partial charge in [-0.15, -0.1) is 0 Å². The molecule has 0 amide bonds. The zero-order valence-electron chi connectivity index (χ0n) is 16.6. The molecule has 0 aromatic rings. The average molecular weight is 540 g/mol. The van der Waals surface area contributed by atoms with Gasteiger partial charge in [0.15, 0.2) is 11.6 Å². The fourth-order valence-electron chi connectivity index (χ4n) is 5.01. The third-order valence-corrected chi connectivity index (χ3v) is 7.36. The van der Waals surface area contributed by atoms with E-state index < -0.39 is 0 Å². The number of hydrogen-bond donors (Lipinski definition) is 0. The van der Waals surface area contributed by atoms with E-state index in [9.17, 15) is 9.59 Å². The van der Waals surface area contributed by atoms with Crippen LogP contribution >= 0.6 is 0 Å². The monoisotopic (exact) mass is 540 g/mol. The van der Waals surface area contributed by atoms with E-state index in [1.54, 1.807) is 0 Å². The molecule has 6 saturated carbocycles. The molecule has 0 spiro atoms. The number of Topliss-reactive ketones (excluding diaryl/α,β-unsaturated/α-hetero) is 2. The van der Waals surface area contributed by atoms with Crippen molar-refractivity contribution in [2.75, 3.05) is 0 Å². The van der Waals surface area contributed by atoms with Gasteiger partial charge in [-0.25, -0.2) is 0 Å². The molecule has 0 aromatic carbocycles. The molecule has 146 valence electrons. The number of fused-ring (bicyclic) bond motifs is 4. The van der Waals surface area contributed by atoms with Gasteiger partial charge in [0, 0.05) is 33.9 Å². The van der Waals surface area contributed by atoms with Crippen molar-refractivity contribution in [1.29, 1.82) is 0 Å². The molecule has 4 bridgehead atoms. The average Bonchev–Trinajstić information content (AvgIpc) is 2.62. The van der Waals surface area contributed by atoms with E-state index in [0.29, 0.717) is 46.1 Å². The Morgan fingerprint density at radius 2 is 1.04 bits per heavy atom. The molecule has 6 rings (SSSR count). The molecule has 0 N–H and O–H groups in total. The minimum atomic E-state index is 0. The molecular formula is C22H28O4W. The maximum atomic E-state index is 11.2. The summed E-state index contributed by atoms with van der Waals surface area (Å²) < 4.78 is 15.0. The number of rotatable bonds is 0. The van der Waals surface area contributed by atoms with E-state index in [1.165, 1.54) is 12.8 Å². The van der Waals surface area contributed by atoms with Crippen molar-refractivity contribution in [1.82, 2.24) is 0 Å². The van der Waals surface area contributed by atoms with Gasteiger partial charge in [-0.2, -0.15) is 0 Å². The van der Waals surface area contributed by atoms with Crippen LogP contribution in [0.25, 0.3) is 0 Å². The van der Waals surface area contributed by atoms with Gasteiger partial charge in [0.2, 0.25) is 0 Å². The van der Waals surface area contributed by atoms with E-state index >= 15 is 0 Å². The molecule has 0 radical (unpaired) electrons. The Bertz CT molecular complexity index is 610. The van der Waals surface area contributed by atoms with Crippen LogP contribution in [0.4, 0.5) is 0 Å². The van der Waals surface area contributed by atoms with Crippen LogP contribution in [0.15, 0.2) is 24.3 Å². The van der Waals surface area contributed by atoms with Crippen LogP contribution in [0, 0.1) is 47.8 Å². The van der Waals surface area contributed by atoms with Gasteiger partial charge >= 0.3 is 22.6 Å². The third kappa shape index (κ3) is 4.37. The first-order valence-electron chi connectivity index (χ1n) is 8.91. The zero-order chi connectivity index (χ0) is 20.4. The molecule has 0 aromatic heterocycles. The Morgan fingerprint density at radius 3 is 1.19 bits per heavy atom. The van der Waals surface area contributed by atoms with E-state index in [4.69, 9.17) is 9.30 Å². The van der Waals surface area contributed by atoms with E-state index in [-0.39, 0.29) is 21.1 Å². The largest absolute Gasteiger partial charge is 0 e. The molecule has 0 aliphatic heterocycles. The summed E-state index contributed by atoms with van der Waals surface area (Å²) in [6, 6.07) is 0. The Hall–Kier alpha value is -1.01. The zero-order valence-corrected chi connectivity index (χ0v) is 19.5. The van der Waals surface area contributed by atoms with Crippen molar-refractivity contribution in [3.05, 3.63) is 37.6 Å². The number of carbonyl (C=O) groups is 2. The summed E-state index contributed by atoms with van der Waals surface area (Å²) in [6.07, 6.45) is 3.92. The van der Waals surface area contributed by atoms with Crippen molar-refractivity contribution >= 4 is 11.6 Å². The normalized spacial score (nSPS) is 32.9. The van der Waals surface area contributed by atoms with Crippen LogP contribution in [-0.4, -0.2) is 11.6 Å². The summed E-state index contributed by atoms with van der Waals surface area (Å²) in [5.41, 5.74) is 2.51. The quantitative estimate of drug-likeness (QED) is 0.262. The summed E-state index contributed by atoms with van der Waals surface area (Å²) in [7, 11) is 0. The fourth-order valence-corrected chi connectivity index (χ4v) is 5.01. The van der Waals surface area contributed by atoms with Crippen molar-refractivity contribution < 1.29 is 40.0 Å². The minimum absolute atomic E-state index is 0. The second-order valence-corrected chi connectivity index (χ2v) is 8.92. The van der Waals surface area contributed by atoms with Crippen molar-refractivity contribution in [2.45, 2.75) is 53.4 Å². The molecule has 6 fully saturated rings. The molecule has 0 saturated heterocycles. The van der Waals surface area contributed by atoms with E-state index in [1.807, 2.05) is 0 Å². The smallest absolute Gasteiger partial charge is 0 e. The predicted octanol–water partition coefficient (Wildman–Crippen LogP) is 4.28. The standard InChI is InChI=1S/2C10H14O.2CO.W/c2*1-6-8-4-7(5-9(6)11)10(8,2)3;2*1-2;/h2*7-8H,1,4-5H2,2-3H3;;;/t2*7-,8+;;;/m11.../s1. The molecule has 27 heavy (non-hydrogen) atoms. The van der Waals surface area contributed by atoms with E-state index in [2.05, 4.69) is 54.2 Å². The summed E-state index contributed by atoms with van der Waals surface area (Å²) in [6.45, 7) is 25.7. The van der Waals surface area contributed by atoms with Crippen LogP contribution in [-0.2, 0) is 40.0 Å². The third-order valence-electron chi connectivity index (χ3n) is 7.36. The van der Waals surface area contributed by atoms with Gasteiger partial charge in [0.25, 0.3) is 0 Å². The summed E-state index contributed by atoms with van der Waals surface area (Å²) in [5, 5.41) is 0. The Kier molecular flexibility index (Phi) is 9.11. The Balaban J connectivity index is 0.000000411. The van der Waals surface area contributed by atoms with Crippen molar-refractivity contribution in [3.63, 3.8) is 0 Å². The van der Waals surface area contributed by atoms with Crippen LogP contribution in [0.1, 0.15) is 53.4 Å². The second-order valence-electron chi connectivity index (χ2n) is 8.92. The molecule has 4 atom stereocenters. The first kappa shape index (κ1) is 26.0. The van der Waals surface area contributed by atoms with Gasteiger partial charge < -0.3 is 0 Å². The van der Waals surface area contributed by atoms with Gasteiger partial charge in [-0.1, -0.05) is 40.9 Å². The molecule has 6 aliphatic rings. The van der Waals surface area contributed by atoms with Crippen LogP contribution in [0.2, 0.25) is 0 Å². The van der Waals surface area contributed by atoms with Crippen LogP contribution in [0.3, 0.4) is 0 Å². The summed E-state index contributed by atoms with van der Waals surface area (Å²) in [4.78, 5) is 22.4. The number of allylic oxidation sites excluding steroid dienone is 2. The Morgan fingerprint density at radius 1 is 0.778 bits per heavy atom. The first-order valence-corrected chi connectivity index (χ1v) is 8.91. The molecule has 4 nitrogen and oxygen atoms in total. The number of hydrogen-bond acceptors (Lipinski definition) is 2. The first-order chi connectivity index (χ1) is 12.1. The van der Waals surface area contributed by atoms with E-state index in [0.717, 1.165) is 24.0 Å². The number of ketones is 2. The maximum absolute atomic E-state index is 11.2. The van der Waals surface area contributed by atoms with Gasteiger partial charge in [0.05, 0.1) is 0 Å². The molecule has 5 heteroatoms. The number of carbonyl (C=O) groups excluding carboxylic acids is 2. The molecule has 6 aliphatic carbocycles. The molecule has 0 heterocycles. The van der Waals surface area contributed by atoms with Crippen LogP contribution < -0.4 is 0 Å². The fraction of sp³-hybridized carbons (Fsp3) is 0.636. The minimum Gasteiger partial charge on any atom is 0 e. The SMILES string of the molecule is C=C1C(=O)C[C@H]2C[C@@H]1C2(C)C.C=C1C(=O)C[C@H]2C[C@@H]1C2(C)C.[C-]#[O+].[C-]#[O+].[W]. The molecule has 0 unspecified atom stereocenters. The maximum Gasteiger partial charge on any atom is 0 e. The second kappa shape index (κ2) is 9.46. The van der Waals surface area contributed by atoms with Gasteiger partial charge in [0.1, 0.15) is 0 Å². The van der Waals surface area contributed by atoms with Crippen molar-refractivity contribution in [3.8, 4) is 0 Å². The summed E-state index contributed by atoms with van der Waals surface area (Å²) >= 11 is 0. The molecular weight excluding hydrogens is 512 g/mol.